The summed E-state index contributed by atoms with van der Waals surface area (Å²) in [5, 5.41) is 1.27. The lowest BCUT2D eigenvalue weighted by Crippen LogP contribution is -2.17. The first-order valence-corrected chi connectivity index (χ1v) is 6.28. The first-order valence-electron chi connectivity index (χ1n) is 4.37. The van der Waals surface area contributed by atoms with Crippen molar-refractivity contribution >= 4 is 35.0 Å². The van der Waals surface area contributed by atoms with Crippen molar-refractivity contribution in [2.75, 3.05) is 5.75 Å². The SMILES string of the molecule is CC(N)CSCc1cccc(Cl)c1Cl. The molecule has 0 saturated heterocycles. The molecule has 14 heavy (non-hydrogen) atoms. The highest BCUT2D eigenvalue weighted by Gasteiger charge is 2.04. The van der Waals surface area contributed by atoms with Gasteiger partial charge in [-0.15, -0.1) is 0 Å². The standard InChI is InChI=1S/C10H13Cl2NS/c1-7(13)5-14-6-8-3-2-4-9(11)10(8)12/h2-4,7H,5-6,13H2,1H3. The second-order valence-corrected chi connectivity index (χ2v) is 5.02. The van der Waals surface area contributed by atoms with Crippen molar-refractivity contribution in [2.45, 2.75) is 18.7 Å². The number of hydrogen-bond acceptors (Lipinski definition) is 2. The van der Waals surface area contributed by atoms with Crippen molar-refractivity contribution < 1.29 is 0 Å². The Labute approximate surface area is 99.0 Å². The zero-order valence-electron chi connectivity index (χ0n) is 7.97. The van der Waals surface area contributed by atoms with Crippen LogP contribution in [0.4, 0.5) is 0 Å². The van der Waals surface area contributed by atoms with Crippen LogP contribution in [0.15, 0.2) is 18.2 Å². The summed E-state index contributed by atoms with van der Waals surface area (Å²) in [7, 11) is 0. The molecule has 1 atom stereocenters. The smallest absolute Gasteiger partial charge is 0.0632 e. The molecular formula is C10H13Cl2NS. The van der Waals surface area contributed by atoms with E-state index in [1.165, 1.54) is 0 Å². The van der Waals surface area contributed by atoms with Crippen LogP contribution in [0.3, 0.4) is 0 Å². The molecule has 0 aliphatic heterocycles. The highest BCUT2D eigenvalue weighted by Crippen LogP contribution is 2.28. The molecule has 0 fully saturated rings. The second kappa shape index (κ2) is 5.86. The van der Waals surface area contributed by atoms with E-state index in [4.69, 9.17) is 28.9 Å². The van der Waals surface area contributed by atoms with E-state index in [2.05, 4.69) is 0 Å². The van der Waals surface area contributed by atoms with Gasteiger partial charge < -0.3 is 5.73 Å². The summed E-state index contributed by atoms with van der Waals surface area (Å²) in [5.41, 5.74) is 6.72. The highest BCUT2D eigenvalue weighted by molar-refractivity contribution is 7.98. The van der Waals surface area contributed by atoms with Crippen molar-refractivity contribution in [3.05, 3.63) is 33.8 Å². The summed E-state index contributed by atoms with van der Waals surface area (Å²) in [6.07, 6.45) is 0. The summed E-state index contributed by atoms with van der Waals surface area (Å²) in [6.45, 7) is 1.99. The molecule has 1 unspecified atom stereocenters. The monoisotopic (exact) mass is 249 g/mol. The number of rotatable bonds is 4. The van der Waals surface area contributed by atoms with Crippen LogP contribution in [0.25, 0.3) is 0 Å². The Hall–Kier alpha value is 0.110. The van der Waals surface area contributed by atoms with Gasteiger partial charge in [0.15, 0.2) is 0 Å². The molecule has 0 aliphatic rings. The summed E-state index contributed by atoms with van der Waals surface area (Å²) >= 11 is 13.7. The van der Waals surface area contributed by atoms with Gasteiger partial charge in [0.2, 0.25) is 0 Å². The second-order valence-electron chi connectivity index (χ2n) is 3.21. The molecule has 0 radical (unpaired) electrons. The minimum Gasteiger partial charge on any atom is -0.327 e. The zero-order valence-corrected chi connectivity index (χ0v) is 10.3. The molecule has 1 nitrogen and oxygen atoms in total. The van der Waals surface area contributed by atoms with E-state index >= 15 is 0 Å². The van der Waals surface area contributed by atoms with Crippen LogP contribution in [-0.2, 0) is 5.75 Å². The maximum absolute atomic E-state index is 6.03. The first kappa shape index (κ1) is 12.2. The summed E-state index contributed by atoms with van der Waals surface area (Å²) in [6, 6.07) is 5.92. The van der Waals surface area contributed by atoms with Crippen LogP contribution < -0.4 is 5.73 Å². The van der Waals surface area contributed by atoms with E-state index in [0.717, 1.165) is 17.1 Å². The normalized spacial score (nSPS) is 12.9. The fourth-order valence-corrected chi connectivity index (χ4v) is 2.43. The van der Waals surface area contributed by atoms with E-state index < -0.39 is 0 Å². The van der Waals surface area contributed by atoms with Crippen molar-refractivity contribution in [1.82, 2.24) is 0 Å². The van der Waals surface area contributed by atoms with E-state index in [1.54, 1.807) is 17.8 Å². The molecule has 1 aromatic carbocycles. The predicted octanol–water partition coefficient (Wildman–Crippen LogP) is 3.57. The van der Waals surface area contributed by atoms with Gasteiger partial charge in [-0.05, 0) is 18.6 Å². The highest BCUT2D eigenvalue weighted by atomic mass is 35.5. The molecule has 0 spiro atoms. The topological polar surface area (TPSA) is 26.0 Å². The van der Waals surface area contributed by atoms with Gasteiger partial charge in [0.1, 0.15) is 0 Å². The van der Waals surface area contributed by atoms with Gasteiger partial charge in [0, 0.05) is 17.5 Å². The Bertz CT molecular complexity index is 302. The first-order chi connectivity index (χ1) is 6.61. The maximum atomic E-state index is 6.03. The van der Waals surface area contributed by atoms with Crippen molar-refractivity contribution in [3.63, 3.8) is 0 Å². The number of nitrogens with two attached hydrogens (primary N) is 1. The van der Waals surface area contributed by atoms with Gasteiger partial charge in [-0.25, -0.2) is 0 Å². The average Bonchev–Trinajstić information content (AvgIpc) is 2.12. The van der Waals surface area contributed by atoms with Crippen molar-refractivity contribution in [1.29, 1.82) is 0 Å². The third-order valence-corrected chi connectivity index (χ3v) is 3.80. The molecule has 4 heteroatoms. The summed E-state index contributed by atoms with van der Waals surface area (Å²) in [4.78, 5) is 0. The van der Waals surface area contributed by atoms with E-state index in [9.17, 15) is 0 Å². The van der Waals surface area contributed by atoms with Crippen LogP contribution >= 0.6 is 35.0 Å². The van der Waals surface area contributed by atoms with E-state index in [0.29, 0.717) is 10.0 Å². The lowest BCUT2D eigenvalue weighted by atomic mass is 10.2. The molecular weight excluding hydrogens is 237 g/mol. The fourth-order valence-electron chi connectivity index (χ4n) is 1.01. The Balaban J connectivity index is 2.54. The molecule has 78 valence electrons. The maximum Gasteiger partial charge on any atom is 0.0632 e. The number of benzene rings is 1. The van der Waals surface area contributed by atoms with Gasteiger partial charge in [-0.1, -0.05) is 35.3 Å². The predicted molar refractivity (Wildman–Crippen MR) is 66.3 cm³/mol. The van der Waals surface area contributed by atoms with Gasteiger partial charge in [0.25, 0.3) is 0 Å². The Morgan fingerprint density at radius 1 is 1.43 bits per heavy atom. The quantitative estimate of drug-likeness (QED) is 0.883. The lowest BCUT2D eigenvalue weighted by molar-refractivity contribution is 0.847. The summed E-state index contributed by atoms with van der Waals surface area (Å²) in [5.74, 6) is 1.80. The minimum absolute atomic E-state index is 0.220. The lowest BCUT2D eigenvalue weighted by Gasteiger charge is -2.07. The van der Waals surface area contributed by atoms with Crippen molar-refractivity contribution in [2.24, 2.45) is 5.73 Å². The molecule has 1 rings (SSSR count). The largest absolute Gasteiger partial charge is 0.327 e. The molecule has 0 aromatic heterocycles. The molecule has 1 aromatic rings. The van der Waals surface area contributed by atoms with Crippen LogP contribution in [0.5, 0.6) is 0 Å². The van der Waals surface area contributed by atoms with Crippen LogP contribution in [-0.4, -0.2) is 11.8 Å². The molecule has 2 N–H and O–H groups in total. The molecule has 0 saturated carbocycles. The van der Waals surface area contributed by atoms with Gasteiger partial charge in [0.05, 0.1) is 10.0 Å². The third kappa shape index (κ3) is 3.70. The average molecular weight is 250 g/mol. The molecule has 0 aliphatic carbocycles. The van der Waals surface area contributed by atoms with Gasteiger partial charge in [-0.2, -0.15) is 11.8 Å². The van der Waals surface area contributed by atoms with Gasteiger partial charge in [-0.3, -0.25) is 0 Å². The summed E-state index contributed by atoms with van der Waals surface area (Å²) < 4.78 is 0. The van der Waals surface area contributed by atoms with E-state index in [1.807, 2.05) is 19.1 Å². The third-order valence-electron chi connectivity index (χ3n) is 1.67. The Morgan fingerprint density at radius 3 is 2.79 bits per heavy atom. The zero-order chi connectivity index (χ0) is 10.6. The fraction of sp³-hybridized carbons (Fsp3) is 0.400. The number of halogens is 2. The Kier molecular flexibility index (Phi) is 5.10. The minimum atomic E-state index is 0.220. The van der Waals surface area contributed by atoms with Crippen LogP contribution in [0, 0.1) is 0 Å². The number of hydrogen-bond donors (Lipinski definition) is 1. The molecule has 0 heterocycles. The van der Waals surface area contributed by atoms with Gasteiger partial charge >= 0.3 is 0 Å². The molecule has 0 bridgehead atoms. The van der Waals surface area contributed by atoms with E-state index in [-0.39, 0.29) is 6.04 Å². The van der Waals surface area contributed by atoms with Crippen LogP contribution in [0.1, 0.15) is 12.5 Å². The molecule has 0 amide bonds. The number of thioether (sulfide) groups is 1. The van der Waals surface area contributed by atoms with Crippen LogP contribution in [0.2, 0.25) is 10.0 Å². The van der Waals surface area contributed by atoms with Crippen molar-refractivity contribution in [3.8, 4) is 0 Å². The Morgan fingerprint density at radius 2 is 2.14 bits per heavy atom.